The van der Waals surface area contributed by atoms with Crippen LogP contribution in [0.4, 0.5) is 0 Å². The first-order valence-corrected chi connectivity index (χ1v) is 12.1. The molecule has 0 aliphatic heterocycles. The van der Waals surface area contributed by atoms with Crippen molar-refractivity contribution < 1.29 is 0 Å². The first kappa shape index (κ1) is 24.6. The number of hydrogen-bond acceptors (Lipinski definition) is 0. The summed E-state index contributed by atoms with van der Waals surface area (Å²) in [6.45, 7) is 18.6. The predicted molar refractivity (Wildman–Crippen MR) is 137 cm³/mol. The van der Waals surface area contributed by atoms with Crippen molar-refractivity contribution in [3.63, 3.8) is 0 Å². The Bertz CT molecular complexity index is 802. The standard InChI is InChI=1S/C28H36P/c1-7-12-15-17-20-25(6)29(26(10-4)21-13-8-2,27(11-5)22-14-9-3)28-23-18-16-19-24-28/h7-16,18-21,23-24,27H,1,4-5,17,22H2,2-3,6H3/q+1/b13-8-,14-9-,15-12-,25-20+,26-21+. The summed E-state index contributed by atoms with van der Waals surface area (Å²) in [5.74, 6) is 0. The van der Waals surface area contributed by atoms with Gasteiger partial charge >= 0.3 is 0 Å². The Balaban J connectivity index is 3.88. The molecule has 0 fully saturated rings. The molecular formula is C28H36P+. The average molecular weight is 404 g/mol. The predicted octanol–water partition coefficient (Wildman–Crippen LogP) is 8.53. The summed E-state index contributed by atoms with van der Waals surface area (Å²) >= 11 is 0. The van der Waals surface area contributed by atoms with Gasteiger partial charge in [0.15, 0.2) is 0 Å². The van der Waals surface area contributed by atoms with Gasteiger partial charge in [-0.25, -0.2) is 0 Å². The van der Waals surface area contributed by atoms with E-state index < -0.39 is 7.26 Å². The van der Waals surface area contributed by atoms with E-state index >= 15 is 0 Å². The Kier molecular flexibility index (Phi) is 11.6. The quantitative estimate of drug-likeness (QED) is 0.186. The van der Waals surface area contributed by atoms with Gasteiger partial charge in [-0.15, -0.1) is 0 Å². The fourth-order valence-corrected chi connectivity index (χ4v) is 8.43. The van der Waals surface area contributed by atoms with Gasteiger partial charge in [0.05, 0.1) is 5.31 Å². The second kappa shape index (κ2) is 13.7. The molecule has 2 atom stereocenters. The van der Waals surface area contributed by atoms with Crippen molar-refractivity contribution in [1.29, 1.82) is 0 Å². The molecule has 0 saturated heterocycles. The van der Waals surface area contributed by atoms with E-state index in [0.717, 1.165) is 12.8 Å². The molecule has 1 heteroatoms. The van der Waals surface area contributed by atoms with Gasteiger partial charge in [-0.05, 0) is 57.6 Å². The van der Waals surface area contributed by atoms with Crippen LogP contribution in [0.3, 0.4) is 0 Å². The zero-order valence-corrected chi connectivity index (χ0v) is 19.2. The lowest BCUT2D eigenvalue weighted by atomic mass is 10.3. The molecule has 0 aliphatic rings. The summed E-state index contributed by atoms with van der Waals surface area (Å²) in [6, 6.07) is 10.9. The molecule has 1 aromatic rings. The Morgan fingerprint density at radius 2 is 1.72 bits per heavy atom. The van der Waals surface area contributed by atoms with Gasteiger partial charge in [-0.1, -0.05) is 86.5 Å². The summed E-state index contributed by atoms with van der Waals surface area (Å²) in [5, 5.41) is 4.06. The fraction of sp³-hybridized carbons (Fsp3) is 0.214. The SMILES string of the molecule is C=C/C=C\C/C=C(\C)[P+](/C(C=C)=C/C=C\C)(c1ccccc1)C(C=C)C/C=C\C. The third kappa shape index (κ3) is 6.28. The first-order chi connectivity index (χ1) is 14.1. The lowest BCUT2D eigenvalue weighted by Crippen LogP contribution is -2.24. The summed E-state index contributed by atoms with van der Waals surface area (Å²) in [6.07, 6.45) is 25.2. The Hall–Kier alpha value is -2.43. The van der Waals surface area contributed by atoms with Crippen molar-refractivity contribution >= 4 is 12.6 Å². The minimum absolute atomic E-state index is 0.301. The molecule has 0 aromatic heterocycles. The third-order valence-electron chi connectivity index (χ3n) is 5.00. The van der Waals surface area contributed by atoms with Gasteiger partial charge in [0.25, 0.3) is 0 Å². The molecule has 0 heterocycles. The van der Waals surface area contributed by atoms with Gasteiger partial charge in [0.2, 0.25) is 0 Å². The maximum absolute atomic E-state index is 4.25. The highest BCUT2D eigenvalue weighted by Crippen LogP contribution is 2.75. The number of hydrogen-bond donors (Lipinski definition) is 0. The molecule has 0 N–H and O–H groups in total. The topological polar surface area (TPSA) is 0 Å². The molecule has 0 amide bonds. The highest BCUT2D eigenvalue weighted by molar-refractivity contribution is 7.91. The lowest BCUT2D eigenvalue weighted by molar-refractivity contribution is 1.05. The van der Waals surface area contributed by atoms with Crippen molar-refractivity contribution in [2.75, 3.05) is 0 Å². The van der Waals surface area contributed by atoms with Crippen molar-refractivity contribution in [2.24, 2.45) is 0 Å². The van der Waals surface area contributed by atoms with E-state index in [1.807, 2.05) is 25.2 Å². The molecule has 0 spiro atoms. The smallest absolute Gasteiger partial charge is 0.0992 e. The largest absolute Gasteiger partial charge is 0.114 e. The zero-order valence-electron chi connectivity index (χ0n) is 18.3. The minimum Gasteiger partial charge on any atom is -0.0992 e. The molecule has 1 rings (SSSR count). The maximum atomic E-state index is 4.25. The van der Waals surface area contributed by atoms with Crippen molar-refractivity contribution in [1.82, 2.24) is 0 Å². The van der Waals surface area contributed by atoms with E-state index in [2.05, 4.69) is 113 Å². The van der Waals surface area contributed by atoms with Crippen LogP contribution in [0.2, 0.25) is 0 Å². The molecule has 2 unspecified atom stereocenters. The first-order valence-electron chi connectivity index (χ1n) is 10.2. The van der Waals surface area contributed by atoms with Crippen LogP contribution in [0.1, 0.15) is 33.6 Å². The van der Waals surface area contributed by atoms with Gasteiger partial charge in [-0.2, -0.15) is 0 Å². The molecule has 0 aliphatic carbocycles. The summed E-state index contributed by atoms with van der Waals surface area (Å²) in [5.41, 5.74) is 0.301. The molecule has 152 valence electrons. The van der Waals surface area contributed by atoms with Crippen molar-refractivity contribution in [2.45, 2.75) is 39.3 Å². The average Bonchev–Trinajstić information content (AvgIpc) is 2.76. The van der Waals surface area contributed by atoms with E-state index in [4.69, 9.17) is 0 Å². The molecule has 1 aromatic carbocycles. The van der Waals surface area contributed by atoms with Gasteiger partial charge in [0, 0.05) is 6.42 Å². The van der Waals surface area contributed by atoms with E-state index in [9.17, 15) is 0 Å². The number of rotatable bonds is 12. The number of benzene rings is 1. The van der Waals surface area contributed by atoms with Crippen LogP contribution >= 0.6 is 7.26 Å². The molecule has 0 radical (unpaired) electrons. The zero-order chi connectivity index (χ0) is 21.5. The monoisotopic (exact) mass is 403 g/mol. The van der Waals surface area contributed by atoms with Crippen LogP contribution in [-0.4, -0.2) is 5.66 Å². The molecule has 0 saturated carbocycles. The van der Waals surface area contributed by atoms with Gasteiger partial charge < -0.3 is 0 Å². The van der Waals surface area contributed by atoms with Crippen LogP contribution in [0.5, 0.6) is 0 Å². The second-order valence-electron chi connectivity index (χ2n) is 6.73. The molecular weight excluding hydrogens is 367 g/mol. The van der Waals surface area contributed by atoms with Crippen LogP contribution in [0.15, 0.2) is 128 Å². The lowest BCUT2D eigenvalue weighted by Gasteiger charge is -2.34. The molecule has 0 bridgehead atoms. The van der Waals surface area contributed by atoms with E-state index in [1.165, 1.54) is 15.9 Å². The Morgan fingerprint density at radius 1 is 1.00 bits per heavy atom. The van der Waals surface area contributed by atoms with Crippen LogP contribution in [0, 0.1) is 0 Å². The Labute approximate surface area is 179 Å². The summed E-state index contributed by atoms with van der Waals surface area (Å²) < 4.78 is 0. The fourth-order valence-electron chi connectivity index (χ4n) is 3.63. The second-order valence-corrected chi connectivity index (χ2v) is 10.6. The third-order valence-corrected chi connectivity index (χ3v) is 9.97. The molecule has 29 heavy (non-hydrogen) atoms. The summed E-state index contributed by atoms with van der Waals surface area (Å²) in [7, 11) is -1.94. The summed E-state index contributed by atoms with van der Waals surface area (Å²) in [4.78, 5) is 0. The van der Waals surface area contributed by atoms with Crippen LogP contribution in [0.25, 0.3) is 0 Å². The Morgan fingerprint density at radius 3 is 2.28 bits per heavy atom. The number of allylic oxidation sites excluding steroid dienone is 13. The van der Waals surface area contributed by atoms with Crippen molar-refractivity contribution in [3.05, 3.63) is 128 Å². The maximum Gasteiger partial charge on any atom is 0.114 e. The molecule has 0 nitrogen and oxygen atoms in total. The normalized spacial score (nSPS) is 16.2. The van der Waals surface area contributed by atoms with Gasteiger partial charge in [-0.3, -0.25) is 0 Å². The van der Waals surface area contributed by atoms with Gasteiger partial charge in [0.1, 0.15) is 23.5 Å². The highest BCUT2D eigenvalue weighted by Gasteiger charge is 2.50. The van der Waals surface area contributed by atoms with E-state index in [0.29, 0.717) is 5.66 Å². The minimum atomic E-state index is -1.94. The van der Waals surface area contributed by atoms with E-state index in [-0.39, 0.29) is 0 Å². The van der Waals surface area contributed by atoms with Crippen molar-refractivity contribution in [3.8, 4) is 0 Å². The van der Waals surface area contributed by atoms with Crippen LogP contribution in [-0.2, 0) is 0 Å². The van der Waals surface area contributed by atoms with E-state index in [1.54, 1.807) is 0 Å². The van der Waals surface area contributed by atoms with Crippen LogP contribution < -0.4 is 5.30 Å². The highest BCUT2D eigenvalue weighted by atomic mass is 31.2.